The van der Waals surface area contributed by atoms with Crippen LogP contribution in [-0.2, 0) is 0 Å². The van der Waals surface area contributed by atoms with Crippen molar-refractivity contribution >= 4 is 11.6 Å². The van der Waals surface area contributed by atoms with Gasteiger partial charge in [-0.3, -0.25) is 0 Å². The Labute approximate surface area is 114 Å². The van der Waals surface area contributed by atoms with Crippen LogP contribution < -0.4 is 15.2 Å². The maximum absolute atomic E-state index is 6.19. The molecule has 0 amide bonds. The molecule has 3 nitrogen and oxygen atoms in total. The molecule has 1 unspecified atom stereocenters. The lowest BCUT2D eigenvalue weighted by atomic mass is 10.1. The molecule has 0 aliphatic heterocycles. The summed E-state index contributed by atoms with van der Waals surface area (Å²) in [4.78, 5) is 0. The second-order valence-corrected chi connectivity index (χ2v) is 5.35. The normalized spacial score (nSPS) is 12.9. The van der Waals surface area contributed by atoms with Gasteiger partial charge in [-0.2, -0.15) is 0 Å². The minimum atomic E-state index is -0.135. The zero-order valence-electron chi connectivity index (χ0n) is 11.7. The van der Waals surface area contributed by atoms with E-state index < -0.39 is 0 Å². The SMILES string of the molecule is CC(C)Oc1cc(OC(C)C)c(C(C)N)cc1Cl. The van der Waals surface area contributed by atoms with Gasteiger partial charge in [-0.05, 0) is 40.7 Å². The molecule has 0 heterocycles. The number of rotatable bonds is 5. The number of ether oxygens (including phenoxy) is 2. The van der Waals surface area contributed by atoms with Gasteiger partial charge < -0.3 is 15.2 Å². The van der Waals surface area contributed by atoms with E-state index in [-0.39, 0.29) is 18.2 Å². The molecule has 102 valence electrons. The van der Waals surface area contributed by atoms with Gasteiger partial charge in [0.2, 0.25) is 0 Å². The summed E-state index contributed by atoms with van der Waals surface area (Å²) < 4.78 is 11.4. The molecule has 1 aromatic rings. The van der Waals surface area contributed by atoms with Gasteiger partial charge >= 0.3 is 0 Å². The van der Waals surface area contributed by atoms with Crippen LogP contribution in [0, 0.1) is 0 Å². The number of benzene rings is 1. The van der Waals surface area contributed by atoms with Crippen molar-refractivity contribution < 1.29 is 9.47 Å². The minimum Gasteiger partial charge on any atom is -0.491 e. The monoisotopic (exact) mass is 271 g/mol. The van der Waals surface area contributed by atoms with Gasteiger partial charge in [0.25, 0.3) is 0 Å². The summed E-state index contributed by atoms with van der Waals surface area (Å²) in [5.41, 5.74) is 6.82. The quantitative estimate of drug-likeness (QED) is 0.882. The summed E-state index contributed by atoms with van der Waals surface area (Å²) in [5.74, 6) is 1.37. The molecule has 1 rings (SSSR count). The van der Waals surface area contributed by atoms with Crippen molar-refractivity contribution in [2.75, 3.05) is 0 Å². The van der Waals surface area contributed by atoms with Crippen molar-refractivity contribution in [3.05, 3.63) is 22.7 Å². The van der Waals surface area contributed by atoms with Gasteiger partial charge in [-0.25, -0.2) is 0 Å². The van der Waals surface area contributed by atoms with Crippen LogP contribution in [0.4, 0.5) is 0 Å². The Kier molecular flexibility index (Phi) is 5.29. The zero-order valence-corrected chi connectivity index (χ0v) is 12.4. The second kappa shape index (κ2) is 6.30. The Morgan fingerprint density at radius 1 is 0.944 bits per heavy atom. The van der Waals surface area contributed by atoms with E-state index in [1.807, 2.05) is 46.8 Å². The maximum atomic E-state index is 6.19. The first-order valence-corrected chi connectivity index (χ1v) is 6.61. The maximum Gasteiger partial charge on any atom is 0.141 e. The van der Waals surface area contributed by atoms with E-state index in [0.717, 1.165) is 11.3 Å². The third-order valence-electron chi connectivity index (χ3n) is 2.28. The summed E-state index contributed by atoms with van der Waals surface area (Å²) in [6, 6.07) is 3.51. The van der Waals surface area contributed by atoms with Crippen molar-refractivity contribution in [1.29, 1.82) is 0 Å². The molecule has 18 heavy (non-hydrogen) atoms. The topological polar surface area (TPSA) is 44.5 Å². The average Bonchev–Trinajstić information content (AvgIpc) is 2.20. The molecule has 0 aromatic heterocycles. The number of nitrogens with two attached hydrogens (primary N) is 1. The van der Waals surface area contributed by atoms with Crippen LogP contribution in [0.25, 0.3) is 0 Å². The van der Waals surface area contributed by atoms with Crippen molar-refractivity contribution in [3.8, 4) is 11.5 Å². The fourth-order valence-electron chi connectivity index (χ4n) is 1.61. The van der Waals surface area contributed by atoms with Crippen LogP contribution in [0.1, 0.15) is 46.2 Å². The molecule has 0 fully saturated rings. The highest BCUT2D eigenvalue weighted by molar-refractivity contribution is 6.32. The van der Waals surface area contributed by atoms with Crippen LogP contribution in [-0.4, -0.2) is 12.2 Å². The van der Waals surface area contributed by atoms with E-state index in [1.54, 1.807) is 0 Å². The lowest BCUT2D eigenvalue weighted by Gasteiger charge is -2.20. The Hall–Kier alpha value is -0.930. The molecule has 1 atom stereocenters. The van der Waals surface area contributed by atoms with E-state index in [0.29, 0.717) is 10.8 Å². The summed E-state index contributed by atoms with van der Waals surface area (Å²) in [6.07, 6.45) is 0.145. The van der Waals surface area contributed by atoms with Crippen LogP contribution in [0.2, 0.25) is 5.02 Å². The van der Waals surface area contributed by atoms with Crippen LogP contribution in [0.15, 0.2) is 12.1 Å². The fourth-order valence-corrected chi connectivity index (χ4v) is 1.82. The van der Waals surface area contributed by atoms with Gasteiger partial charge in [-0.1, -0.05) is 11.6 Å². The second-order valence-electron chi connectivity index (χ2n) is 4.94. The summed E-state index contributed by atoms with van der Waals surface area (Å²) in [6.45, 7) is 9.77. The number of halogens is 1. The van der Waals surface area contributed by atoms with Crippen LogP contribution >= 0.6 is 11.6 Å². The third kappa shape index (κ3) is 4.07. The van der Waals surface area contributed by atoms with E-state index in [9.17, 15) is 0 Å². The lowest BCUT2D eigenvalue weighted by molar-refractivity contribution is 0.227. The van der Waals surface area contributed by atoms with Crippen molar-refractivity contribution in [2.24, 2.45) is 5.73 Å². The molecule has 4 heteroatoms. The highest BCUT2D eigenvalue weighted by atomic mass is 35.5. The highest BCUT2D eigenvalue weighted by Gasteiger charge is 2.15. The molecule has 2 N–H and O–H groups in total. The summed E-state index contributed by atoms with van der Waals surface area (Å²) in [7, 11) is 0. The number of hydrogen-bond donors (Lipinski definition) is 1. The van der Waals surface area contributed by atoms with Gasteiger partial charge in [0.15, 0.2) is 0 Å². The van der Waals surface area contributed by atoms with E-state index in [1.165, 1.54) is 0 Å². The first kappa shape index (κ1) is 15.1. The van der Waals surface area contributed by atoms with Crippen molar-refractivity contribution in [3.63, 3.8) is 0 Å². The molecule has 0 saturated heterocycles. The lowest BCUT2D eigenvalue weighted by Crippen LogP contribution is -2.13. The Morgan fingerprint density at radius 3 is 1.89 bits per heavy atom. The van der Waals surface area contributed by atoms with Gasteiger partial charge in [0.1, 0.15) is 11.5 Å². The number of hydrogen-bond acceptors (Lipinski definition) is 3. The molecule has 0 spiro atoms. The van der Waals surface area contributed by atoms with Crippen molar-refractivity contribution in [1.82, 2.24) is 0 Å². The predicted octanol–water partition coefficient (Wildman–Crippen LogP) is 3.93. The largest absolute Gasteiger partial charge is 0.491 e. The first-order valence-electron chi connectivity index (χ1n) is 6.23. The fraction of sp³-hybridized carbons (Fsp3) is 0.571. The first-order chi connectivity index (χ1) is 8.31. The molecule has 0 saturated carbocycles. The molecule has 0 aliphatic carbocycles. The molecule has 1 aromatic carbocycles. The third-order valence-corrected chi connectivity index (χ3v) is 2.58. The predicted molar refractivity (Wildman–Crippen MR) is 75.6 cm³/mol. The van der Waals surface area contributed by atoms with Crippen LogP contribution in [0.5, 0.6) is 11.5 Å². The standard InChI is InChI=1S/C14H22ClNO2/c1-8(2)17-13-7-14(18-9(3)4)12(15)6-11(13)10(5)16/h6-10H,16H2,1-5H3. The average molecular weight is 272 g/mol. The van der Waals surface area contributed by atoms with Gasteiger partial charge in [0, 0.05) is 17.7 Å². The molecule has 0 bridgehead atoms. The summed E-state index contributed by atoms with van der Waals surface area (Å²) in [5, 5.41) is 0.562. The smallest absolute Gasteiger partial charge is 0.141 e. The van der Waals surface area contributed by atoms with Gasteiger partial charge in [0.05, 0.1) is 17.2 Å². The van der Waals surface area contributed by atoms with Gasteiger partial charge in [-0.15, -0.1) is 0 Å². The molecular weight excluding hydrogens is 250 g/mol. The Bertz CT molecular complexity index is 403. The van der Waals surface area contributed by atoms with Crippen LogP contribution in [0.3, 0.4) is 0 Å². The Morgan fingerprint density at radius 2 is 1.44 bits per heavy atom. The van der Waals surface area contributed by atoms with E-state index in [2.05, 4.69) is 0 Å². The highest BCUT2D eigenvalue weighted by Crippen LogP contribution is 2.36. The van der Waals surface area contributed by atoms with E-state index in [4.69, 9.17) is 26.8 Å². The summed E-state index contributed by atoms with van der Waals surface area (Å²) >= 11 is 6.19. The minimum absolute atomic E-state index is 0.0653. The molecule has 0 radical (unpaired) electrons. The Balaban J connectivity index is 3.17. The molecular formula is C14H22ClNO2. The van der Waals surface area contributed by atoms with E-state index >= 15 is 0 Å². The molecule has 0 aliphatic rings. The van der Waals surface area contributed by atoms with Crippen molar-refractivity contribution in [2.45, 2.75) is 52.9 Å². The zero-order chi connectivity index (χ0) is 13.9.